The Balaban J connectivity index is 0.000000156. The molecule has 3 aliphatic heterocycles. The second-order valence-corrected chi connectivity index (χ2v) is 29.9. The first-order valence-electron chi connectivity index (χ1n) is 34.5. The molecule has 3 N–H and O–H groups in total. The minimum atomic E-state index is -3.83. The Kier molecular flexibility index (Phi) is 23.7. The summed E-state index contributed by atoms with van der Waals surface area (Å²) in [7, 11) is -7.62. The number of aryl methyl sites for hydroxylation is 6. The fourth-order valence-electron chi connectivity index (χ4n) is 13.5. The first-order chi connectivity index (χ1) is 49.7. The van der Waals surface area contributed by atoms with Gasteiger partial charge in [0.25, 0.3) is 20.0 Å². The van der Waals surface area contributed by atoms with Gasteiger partial charge in [0.1, 0.15) is 23.1 Å². The summed E-state index contributed by atoms with van der Waals surface area (Å²) in [4.78, 5) is 38.7. The van der Waals surface area contributed by atoms with E-state index in [1.54, 1.807) is 85.3 Å². The molecule has 0 amide bonds. The fraction of sp³-hybridized carbons (Fsp3) is 0.295. The van der Waals surface area contributed by atoms with E-state index in [-0.39, 0.29) is 56.4 Å². The van der Waals surface area contributed by atoms with Crippen LogP contribution in [0.2, 0.25) is 5.02 Å². The molecule has 2 aromatic carbocycles. The average molecular weight is 1640 g/mol. The number of nitrogens with one attached hydrogen (secondary N) is 3. The molecule has 0 bridgehead atoms. The number of rotatable bonds is 12. The van der Waals surface area contributed by atoms with Crippen molar-refractivity contribution in [3.05, 3.63) is 205 Å². The van der Waals surface area contributed by atoms with Crippen molar-refractivity contribution in [1.29, 1.82) is 0 Å². The van der Waals surface area contributed by atoms with Gasteiger partial charge >= 0.3 is 0 Å². The van der Waals surface area contributed by atoms with E-state index >= 15 is 0 Å². The van der Waals surface area contributed by atoms with Crippen molar-refractivity contribution in [3.8, 4) is 56.0 Å². The monoisotopic (exact) mass is 1640 g/mol. The number of hydrogen-bond donors (Lipinski definition) is 3. The van der Waals surface area contributed by atoms with Gasteiger partial charge in [0.05, 0.1) is 96.0 Å². The van der Waals surface area contributed by atoms with Gasteiger partial charge in [-0.15, -0.1) is 0 Å². The van der Waals surface area contributed by atoms with Crippen LogP contribution in [-0.2, 0) is 55.3 Å². The van der Waals surface area contributed by atoms with E-state index in [1.807, 2.05) is 91.2 Å². The van der Waals surface area contributed by atoms with Gasteiger partial charge < -0.3 is 41.3 Å². The summed E-state index contributed by atoms with van der Waals surface area (Å²) in [5.74, 6) is 2.58. The van der Waals surface area contributed by atoms with Crippen LogP contribution in [0.4, 0.5) is 17.5 Å². The molecule has 105 heavy (non-hydrogen) atoms. The molecule has 546 valence electrons. The van der Waals surface area contributed by atoms with E-state index in [9.17, 15) is 16.8 Å². The Morgan fingerprint density at radius 1 is 0.476 bits per heavy atom. The second kappa shape index (κ2) is 32.5. The SMILES string of the molecule is CC.Cc1ccc(S(=O)(=O)n2ccc3c(-c4cc(-c5c(C)n[nH]c5C)cc(N5CCOC[C@H]5C)n4)ccnc32)cc1.Cc1ccc(S(=O)(=O)n2ccc3c(-c4cc(Cl)cc(N5CCOC[C@H]5C)n4)ccnc32)cc1.Cc1n[nH]c(C)c1-c1cc(-c2ccnc3[nH]ccc23)nc(N2CCOC[C@H]2C)c1.[CH3-].[W]. The van der Waals surface area contributed by atoms with E-state index < -0.39 is 20.0 Å². The number of halogens is 1. The smallest absolute Gasteiger partial charge is 0.269 e. The molecule has 3 saturated heterocycles. The number of fused-ring (bicyclic) bond motifs is 3. The average Bonchev–Trinajstić information content (AvgIpc) is 1.72. The van der Waals surface area contributed by atoms with E-state index in [0.29, 0.717) is 72.4 Å². The van der Waals surface area contributed by atoms with E-state index in [1.165, 1.54) is 14.1 Å². The number of hydrogen-bond acceptors (Lipinski definition) is 18. The molecule has 16 rings (SSSR count). The van der Waals surface area contributed by atoms with Crippen molar-refractivity contribution >= 4 is 82.2 Å². The second-order valence-electron chi connectivity index (χ2n) is 25.8. The van der Waals surface area contributed by atoms with Crippen molar-refractivity contribution < 1.29 is 52.1 Å². The van der Waals surface area contributed by atoms with Crippen molar-refractivity contribution in [1.82, 2.24) is 63.2 Å². The van der Waals surface area contributed by atoms with Gasteiger partial charge in [0, 0.05) is 138 Å². The van der Waals surface area contributed by atoms with Crippen LogP contribution < -0.4 is 14.7 Å². The summed E-state index contributed by atoms with van der Waals surface area (Å²) < 4.78 is 72.9. The maximum absolute atomic E-state index is 13.5. The first-order valence-corrected chi connectivity index (χ1v) is 37.7. The third-order valence-electron chi connectivity index (χ3n) is 18.8. The van der Waals surface area contributed by atoms with Gasteiger partial charge in [-0.2, -0.15) is 10.2 Å². The molecule has 0 spiro atoms. The summed E-state index contributed by atoms with van der Waals surface area (Å²) in [5, 5.41) is 18.0. The first kappa shape index (κ1) is 76.7. The zero-order chi connectivity index (χ0) is 72.4. The molecule has 3 atom stereocenters. The van der Waals surface area contributed by atoms with Crippen LogP contribution >= 0.6 is 11.6 Å². The predicted octanol–water partition coefficient (Wildman–Crippen LogP) is 14.7. The van der Waals surface area contributed by atoms with Crippen LogP contribution in [0.5, 0.6) is 0 Å². The molecule has 14 heterocycles. The maximum atomic E-state index is 13.5. The van der Waals surface area contributed by atoms with Crippen LogP contribution in [-0.4, -0.2) is 157 Å². The molecule has 0 unspecified atom stereocenters. The minimum Gasteiger partial charge on any atom is -0.377 e. The normalized spacial score (nSPS) is 16.2. The van der Waals surface area contributed by atoms with Crippen molar-refractivity contribution in [2.24, 2.45) is 0 Å². The third-order valence-corrected chi connectivity index (χ3v) is 22.4. The van der Waals surface area contributed by atoms with E-state index in [0.717, 1.165) is 132 Å². The molecule has 3 fully saturated rings. The van der Waals surface area contributed by atoms with Gasteiger partial charge in [0.15, 0.2) is 11.3 Å². The van der Waals surface area contributed by atoms with E-state index in [4.69, 9.17) is 40.8 Å². The van der Waals surface area contributed by atoms with Gasteiger partial charge in [-0.05, 0) is 171 Å². The number of aromatic amines is 3. The zero-order valence-electron chi connectivity index (χ0n) is 60.9. The molecule has 0 saturated carbocycles. The topological polar surface area (TPSA) is 266 Å². The van der Waals surface area contributed by atoms with E-state index in [2.05, 4.69) is 107 Å². The number of morpholine rings is 3. The molecular weight excluding hydrogens is 1560 g/mol. The van der Waals surface area contributed by atoms with Crippen molar-refractivity contribution in [2.45, 2.75) is 104 Å². The third kappa shape index (κ3) is 15.6. The summed E-state index contributed by atoms with van der Waals surface area (Å²) >= 11 is 6.47. The summed E-state index contributed by atoms with van der Waals surface area (Å²) in [6, 6.07) is 37.7. The summed E-state index contributed by atoms with van der Waals surface area (Å²) in [5.41, 5.74) is 16.7. The molecule has 11 aromatic heterocycles. The largest absolute Gasteiger partial charge is 0.377 e. The number of aromatic nitrogens is 13. The molecule has 13 aromatic rings. The molecule has 27 heteroatoms. The van der Waals surface area contributed by atoms with Gasteiger partial charge in [-0.1, -0.05) is 60.8 Å². The molecule has 0 aliphatic carbocycles. The Bertz CT molecular complexity index is 5430. The Morgan fingerprint density at radius 2 is 0.857 bits per heavy atom. The summed E-state index contributed by atoms with van der Waals surface area (Å²) in [6.45, 7) is 28.6. The zero-order valence-corrected chi connectivity index (χ0v) is 66.2. The molecule has 3 aliphatic rings. The molecular formula is C78H86ClN16O7S2W-. The number of anilines is 3. The van der Waals surface area contributed by atoms with Crippen LogP contribution in [0.1, 0.15) is 68.5 Å². The Hall–Kier alpha value is -9.46. The van der Waals surface area contributed by atoms with Crippen molar-refractivity contribution in [3.63, 3.8) is 0 Å². The van der Waals surface area contributed by atoms with Gasteiger partial charge in [0.2, 0.25) is 0 Å². The standard InChI is InChI=1S/C29H30N6O3S.C24H23ClN4O3S.C22H24N6O.C2H6.CH3.W/c1-18-5-7-23(8-6-18)39(36,37)35-12-10-25-24(9-11-30-29(25)35)26-15-22(28-20(3)32-33-21(28)4)16-27(31-26)34-13-14-38-17-19(34)2;1-16-3-5-19(6-4-16)33(30,31)29-10-8-21-20(7-9-26-24(21)29)22-13-18(25)14-23(27-22)28-11-12-32-15-17(28)2;1-13-12-29-9-8-28(13)20-11-16(21-14(2)26-27-15(21)3)10-19(25-20)17-4-6-23-22-18(17)5-7-24-22;1-2;;/h5-12,15-16,19H,13-14,17H2,1-4H3,(H,32,33);3-10,13-14,17H,11-12,15H2,1-2H3;4-7,10-11,13H,8-9,12H2,1-3H3,(H,23,24)(H,26,27);1-2H3;1H3;/q;;;;-1;/t19-;17-;13-;;;/m111.../s1. The number of benzene rings is 2. The summed E-state index contributed by atoms with van der Waals surface area (Å²) in [6.07, 6.45) is 10.1. The van der Waals surface area contributed by atoms with Gasteiger partial charge in [-0.25, -0.2) is 54.7 Å². The number of H-pyrrole nitrogens is 3. The van der Waals surface area contributed by atoms with Crippen LogP contribution in [0.3, 0.4) is 0 Å². The molecule has 23 nitrogen and oxygen atoms in total. The van der Waals surface area contributed by atoms with Crippen molar-refractivity contribution in [2.75, 3.05) is 74.0 Å². The van der Waals surface area contributed by atoms with Gasteiger partial charge in [-0.3, -0.25) is 10.2 Å². The molecule has 0 radical (unpaired) electrons. The number of ether oxygens (including phenoxy) is 3. The predicted molar refractivity (Wildman–Crippen MR) is 413 cm³/mol. The quantitative estimate of drug-likeness (QED) is 0.0960. The number of nitrogens with zero attached hydrogens (tertiary/aromatic N) is 13. The van der Waals surface area contributed by atoms with Crippen LogP contribution in [0, 0.1) is 49.0 Å². The van der Waals surface area contributed by atoms with Crippen LogP contribution in [0.15, 0.2) is 168 Å². The fourth-order valence-corrected chi connectivity index (χ4v) is 16.3. The van der Waals surface area contributed by atoms with Crippen LogP contribution in [0.25, 0.3) is 89.1 Å². The number of pyridine rings is 6. The Morgan fingerprint density at radius 3 is 1.25 bits per heavy atom. The maximum Gasteiger partial charge on any atom is 0.269 e. The minimum absolute atomic E-state index is 0. The Labute approximate surface area is 632 Å².